The lowest BCUT2D eigenvalue weighted by Crippen LogP contribution is -2.55. The number of rotatable bonds is 3. The number of likely N-dealkylation sites (tertiary alicyclic amines) is 2. The third-order valence-corrected chi connectivity index (χ3v) is 5.98. The number of fused-ring (bicyclic) bond motifs is 1. The van der Waals surface area contributed by atoms with Gasteiger partial charge in [-0.1, -0.05) is 26.7 Å². The highest BCUT2D eigenvalue weighted by molar-refractivity contribution is 5.79. The summed E-state index contributed by atoms with van der Waals surface area (Å²) in [5.74, 6) is 1.51. The number of carbonyl (C=O) groups excluding carboxylic acids is 1. The van der Waals surface area contributed by atoms with Crippen molar-refractivity contribution in [2.45, 2.75) is 58.0 Å². The lowest BCUT2D eigenvalue weighted by Gasteiger charge is -2.47. The Morgan fingerprint density at radius 2 is 2.00 bits per heavy atom. The molecular weight excluding hydrogens is 276 g/mol. The summed E-state index contributed by atoms with van der Waals surface area (Å²) in [6.45, 7) is 9.13. The van der Waals surface area contributed by atoms with E-state index in [2.05, 4.69) is 23.6 Å². The predicted molar refractivity (Wildman–Crippen MR) is 87.5 cm³/mol. The Morgan fingerprint density at radius 1 is 1.18 bits per heavy atom. The second-order valence-electron chi connectivity index (χ2n) is 8.22. The quantitative estimate of drug-likeness (QED) is 0.868. The molecule has 1 aliphatic carbocycles. The van der Waals surface area contributed by atoms with Gasteiger partial charge in [-0.15, -0.1) is 0 Å². The van der Waals surface area contributed by atoms with Gasteiger partial charge in [-0.05, 0) is 38.1 Å². The number of aliphatic hydroxyl groups is 1. The average Bonchev–Trinajstić information content (AvgIpc) is 2.93. The van der Waals surface area contributed by atoms with Crippen LogP contribution in [0.25, 0.3) is 0 Å². The van der Waals surface area contributed by atoms with E-state index in [9.17, 15) is 9.90 Å². The van der Waals surface area contributed by atoms with Gasteiger partial charge in [0.1, 0.15) is 0 Å². The fourth-order valence-electron chi connectivity index (χ4n) is 4.75. The molecule has 4 heteroatoms. The molecule has 22 heavy (non-hydrogen) atoms. The summed E-state index contributed by atoms with van der Waals surface area (Å²) in [6, 6.07) is 0. The normalized spacial score (nSPS) is 36.6. The number of hydrogen-bond acceptors (Lipinski definition) is 3. The minimum atomic E-state index is -0.478. The lowest BCUT2D eigenvalue weighted by atomic mass is 9.71. The summed E-state index contributed by atoms with van der Waals surface area (Å²) < 4.78 is 0. The monoisotopic (exact) mass is 308 g/mol. The van der Waals surface area contributed by atoms with Gasteiger partial charge < -0.3 is 14.9 Å². The van der Waals surface area contributed by atoms with E-state index < -0.39 is 5.60 Å². The number of hydrogen-bond donors (Lipinski definition) is 1. The van der Waals surface area contributed by atoms with Gasteiger partial charge in [0.25, 0.3) is 0 Å². The fourth-order valence-corrected chi connectivity index (χ4v) is 4.75. The maximum absolute atomic E-state index is 12.8. The smallest absolute Gasteiger partial charge is 0.227 e. The Morgan fingerprint density at radius 3 is 2.77 bits per heavy atom. The van der Waals surface area contributed by atoms with Gasteiger partial charge in [-0.3, -0.25) is 4.79 Å². The van der Waals surface area contributed by atoms with E-state index in [1.54, 1.807) is 0 Å². The van der Waals surface area contributed by atoms with Gasteiger partial charge in [-0.2, -0.15) is 0 Å². The summed E-state index contributed by atoms with van der Waals surface area (Å²) in [4.78, 5) is 17.3. The highest BCUT2D eigenvalue weighted by Gasteiger charge is 2.44. The van der Waals surface area contributed by atoms with E-state index >= 15 is 0 Å². The Hall–Kier alpha value is -0.610. The van der Waals surface area contributed by atoms with Crippen LogP contribution >= 0.6 is 0 Å². The molecule has 126 valence electrons. The van der Waals surface area contributed by atoms with E-state index in [4.69, 9.17) is 0 Å². The van der Waals surface area contributed by atoms with Gasteiger partial charge >= 0.3 is 0 Å². The van der Waals surface area contributed by atoms with E-state index in [-0.39, 0.29) is 5.92 Å². The molecule has 0 radical (unpaired) electrons. The topological polar surface area (TPSA) is 43.8 Å². The van der Waals surface area contributed by atoms with Crippen LogP contribution in [0.3, 0.4) is 0 Å². The highest BCUT2D eigenvalue weighted by Crippen LogP contribution is 2.40. The Labute approximate surface area is 134 Å². The molecule has 3 unspecified atom stereocenters. The molecule has 1 N–H and O–H groups in total. The average molecular weight is 308 g/mol. The molecule has 2 heterocycles. The van der Waals surface area contributed by atoms with Crippen molar-refractivity contribution in [1.29, 1.82) is 0 Å². The molecule has 0 aromatic heterocycles. The molecule has 3 rings (SSSR count). The van der Waals surface area contributed by atoms with Crippen LogP contribution in [-0.2, 0) is 4.79 Å². The molecule has 0 bridgehead atoms. The summed E-state index contributed by atoms with van der Waals surface area (Å²) in [7, 11) is 0. The van der Waals surface area contributed by atoms with Crippen LogP contribution in [0.2, 0.25) is 0 Å². The van der Waals surface area contributed by atoms with E-state index in [1.165, 1.54) is 6.42 Å². The van der Waals surface area contributed by atoms with E-state index in [0.717, 1.165) is 64.8 Å². The number of amides is 1. The second kappa shape index (κ2) is 6.48. The lowest BCUT2D eigenvalue weighted by molar-refractivity contribution is -0.147. The van der Waals surface area contributed by atoms with Gasteiger partial charge in [-0.25, -0.2) is 0 Å². The third kappa shape index (κ3) is 3.33. The zero-order valence-electron chi connectivity index (χ0n) is 14.3. The molecule has 1 amide bonds. The molecule has 4 nitrogen and oxygen atoms in total. The first-order valence-corrected chi connectivity index (χ1v) is 9.21. The van der Waals surface area contributed by atoms with Crippen LogP contribution in [0, 0.1) is 17.8 Å². The van der Waals surface area contributed by atoms with Crippen molar-refractivity contribution in [3.63, 3.8) is 0 Å². The maximum Gasteiger partial charge on any atom is 0.227 e. The zero-order chi connectivity index (χ0) is 15.7. The van der Waals surface area contributed by atoms with Crippen molar-refractivity contribution in [3.8, 4) is 0 Å². The summed E-state index contributed by atoms with van der Waals surface area (Å²) in [6.07, 6.45) is 6.17. The van der Waals surface area contributed by atoms with Crippen LogP contribution in [0.5, 0.6) is 0 Å². The summed E-state index contributed by atoms with van der Waals surface area (Å²) >= 11 is 0. The van der Waals surface area contributed by atoms with Crippen molar-refractivity contribution in [3.05, 3.63) is 0 Å². The van der Waals surface area contributed by atoms with E-state index in [0.29, 0.717) is 17.7 Å². The molecule has 2 aliphatic heterocycles. The first-order valence-electron chi connectivity index (χ1n) is 9.21. The second-order valence-corrected chi connectivity index (χ2v) is 8.22. The molecule has 2 saturated heterocycles. The Balaban J connectivity index is 1.55. The van der Waals surface area contributed by atoms with Crippen molar-refractivity contribution >= 4 is 5.91 Å². The maximum atomic E-state index is 12.8. The third-order valence-electron chi connectivity index (χ3n) is 5.98. The number of nitrogens with zero attached hydrogens (tertiary/aromatic N) is 2. The fraction of sp³-hybridized carbons (Fsp3) is 0.944. The molecule has 1 saturated carbocycles. The van der Waals surface area contributed by atoms with Crippen LogP contribution in [-0.4, -0.2) is 59.1 Å². The van der Waals surface area contributed by atoms with Crippen LogP contribution in [0.15, 0.2) is 0 Å². The zero-order valence-corrected chi connectivity index (χ0v) is 14.3. The van der Waals surface area contributed by atoms with Crippen LogP contribution in [0.1, 0.15) is 52.4 Å². The molecular formula is C18H32N2O2. The molecule has 3 fully saturated rings. The van der Waals surface area contributed by atoms with Gasteiger partial charge in [0.15, 0.2) is 0 Å². The SMILES string of the molecule is CC(C)CN1CCC(C(=O)N2CCC3(O)CCCCC3C2)C1. The molecule has 0 aromatic carbocycles. The minimum Gasteiger partial charge on any atom is -0.389 e. The number of carbonyl (C=O) groups is 1. The van der Waals surface area contributed by atoms with Gasteiger partial charge in [0.05, 0.1) is 11.5 Å². The largest absolute Gasteiger partial charge is 0.389 e. The molecule has 3 aliphatic rings. The number of piperidine rings is 1. The van der Waals surface area contributed by atoms with Crippen molar-refractivity contribution < 1.29 is 9.90 Å². The van der Waals surface area contributed by atoms with E-state index in [1.807, 2.05) is 0 Å². The van der Waals surface area contributed by atoms with Crippen molar-refractivity contribution in [2.75, 3.05) is 32.7 Å². The highest BCUT2D eigenvalue weighted by atomic mass is 16.3. The molecule has 0 spiro atoms. The van der Waals surface area contributed by atoms with Gasteiger partial charge in [0, 0.05) is 32.1 Å². The summed E-state index contributed by atoms with van der Waals surface area (Å²) in [5.41, 5.74) is -0.478. The van der Waals surface area contributed by atoms with Crippen molar-refractivity contribution in [2.24, 2.45) is 17.8 Å². The summed E-state index contributed by atoms with van der Waals surface area (Å²) in [5, 5.41) is 10.8. The van der Waals surface area contributed by atoms with Crippen LogP contribution in [0.4, 0.5) is 0 Å². The van der Waals surface area contributed by atoms with Crippen molar-refractivity contribution in [1.82, 2.24) is 9.80 Å². The van der Waals surface area contributed by atoms with Crippen LogP contribution < -0.4 is 0 Å². The Kier molecular flexibility index (Phi) is 4.79. The molecule has 3 atom stereocenters. The standard InChI is InChI=1S/C18H32N2O2/c1-14(2)11-19-9-6-15(12-19)17(21)20-10-8-18(22)7-4-3-5-16(18)13-20/h14-16,22H,3-13H2,1-2H3. The first-order chi connectivity index (χ1) is 10.5. The first kappa shape index (κ1) is 16.3. The predicted octanol–water partition coefficient (Wildman–Crippen LogP) is 2.12. The minimum absolute atomic E-state index is 0.188. The molecule has 0 aromatic rings. The van der Waals surface area contributed by atoms with Gasteiger partial charge in [0.2, 0.25) is 5.91 Å². The Bertz CT molecular complexity index is 412.